The number of nitrogens with two attached hydrogens (primary N) is 1. The minimum absolute atomic E-state index is 0.412. The van der Waals surface area contributed by atoms with Gasteiger partial charge in [-0.3, -0.25) is 0 Å². The Bertz CT molecular complexity index is 405. The van der Waals surface area contributed by atoms with Gasteiger partial charge < -0.3 is 5.73 Å². The fraction of sp³-hybridized carbons (Fsp3) is 0.600. The summed E-state index contributed by atoms with van der Waals surface area (Å²) in [6, 6.07) is 5.95. The van der Waals surface area contributed by atoms with E-state index in [4.69, 9.17) is 28.9 Å². The summed E-state index contributed by atoms with van der Waals surface area (Å²) in [6.45, 7) is 3.04. The van der Waals surface area contributed by atoms with Crippen LogP contribution in [0, 0.1) is 11.8 Å². The van der Waals surface area contributed by atoms with Gasteiger partial charge in [-0.05, 0) is 48.4 Å². The molecule has 0 saturated heterocycles. The van der Waals surface area contributed by atoms with E-state index in [9.17, 15) is 0 Å². The van der Waals surface area contributed by atoms with Crippen LogP contribution in [0.1, 0.15) is 44.1 Å². The molecule has 2 rings (SSSR count). The minimum Gasteiger partial charge on any atom is -0.330 e. The molecule has 1 aliphatic rings. The van der Waals surface area contributed by atoms with Gasteiger partial charge in [-0.25, -0.2) is 0 Å². The first kappa shape index (κ1) is 14.2. The van der Waals surface area contributed by atoms with E-state index in [0.29, 0.717) is 28.4 Å². The fourth-order valence-corrected chi connectivity index (χ4v) is 3.55. The molecule has 0 aliphatic heterocycles. The van der Waals surface area contributed by atoms with E-state index in [2.05, 4.69) is 13.0 Å². The highest BCUT2D eigenvalue weighted by Crippen LogP contribution is 2.40. The van der Waals surface area contributed by atoms with Crippen molar-refractivity contribution in [2.45, 2.75) is 38.5 Å². The van der Waals surface area contributed by atoms with Crippen molar-refractivity contribution in [3.63, 3.8) is 0 Å². The molecule has 1 nitrogen and oxygen atoms in total. The van der Waals surface area contributed by atoms with Crippen LogP contribution < -0.4 is 5.73 Å². The molecule has 0 bridgehead atoms. The van der Waals surface area contributed by atoms with Crippen LogP contribution in [0.4, 0.5) is 0 Å². The molecular formula is C15H21Cl2N. The average Bonchev–Trinajstić information content (AvgIpc) is 2.37. The first-order chi connectivity index (χ1) is 8.63. The lowest BCUT2D eigenvalue weighted by atomic mass is 9.71. The number of benzene rings is 1. The third-order valence-electron chi connectivity index (χ3n) is 4.32. The molecule has 0 radical (unpaired) electrons. The predicted molar refractivity (Wildman–Crippen MR) is 79.4 cm³/mol. The number of rotatable bonds is 3. The summed E-state index contributed by atoms with van der Waals surface area (Å²) >= 11 is 12.1. The van der Waals surface area contributed by atoms with Gasteiger partial charge in [-0.15, -0.1) is 0 Å². The SMILES string of the molecule is CC1CCCCC1C(CN)c1ccc(Cl)c(Cl)c1. The molecule has 1 aromatic carbocycles. The zero-order valence-electron chi connectivity index (χ0n) is 10.8. The van der Waals surface area contributed by atoms with Gasteiger partial charge in [0.2, 0.25) is 0 Å². The molecule has 18 heavy (non-hydrogen) atoms. The topological polar surface area (TPSA) is 26.0 Å². The number of hydrogen-bond donors (Lipinski definition) is 1. The van der Waals surface area contributed by atoms with Gasteiger partial charge in [0.05, 0.1) is 10.0 Å². The Hall–Kier alpha value is -0.240. The third kappa shape index (κ3) is 3.01. The molecule has 3 heteroatoms. The average molecular weight is 286 g/mol. The Labute approximate surface area is 120 Å². The molecule has 0 aromatic heterocycles. The van der Waals surface area contributed by atoms with Gasteiger partial charge in [0, 0.05) is 0 Å². The van der Waals surface area contributed by atoms with Crippen molar-refractivity contribution >= 4 is 23.2 Å². The molecular weight excluding hydrogens is 265 g/mol. The van der Waals surface area contributed by atoms with Crippen LogP contribution >= 0.6 is 23.2 Å². The van der Waals surface area contributed by atoms with Gasteiger partial charge in [0.1, 0.15) is 0 Å². The quantitative estimate of drug-likeness (QED) is 0.843. The summed E-state index contributed by atoms with van der Waals surface area (Å²) in [7, 11) is 0. The highest BCUT2D eigenvalue weighted by Gasteiger charge is 2.29. The Balaban J connectivity index is 2.23. The van der Waals surface area contributed by atoms with Crippen molar-refractivity contribution in [3.05, 3.63) is 33.8 Å². The van der Waals surface area contributed by atoms with Gasteiger partial charge in [0.15, 0.2) is 0 Å². The van der Waals surface area contributed by atoms with E-state index in [1.165, 1.54) is 31.2 Å². The zero-order chi connectivity index (χ0) is 13.1. The second-order valence-corrected chi connectivity index (χ2v) is 6.26. The molecule has 1 fully saturated rings. The van der Waals surface area contributed by atoms with Crippen LogP contribution in [0.5, 0.6) is 0 Å². The first-order valence-corrected chi connectivity index (χ1v) is 7.54. The van der Waals surface area contributed by atoms with E-state index < -0.39 is 0 Å². The molecule has 1 aromatic rings. The lowest BCUT2D eigenvalue weighted by Crippen LogP contribution is -2.28. The van der Waals surface area contributed by atoms with Gasteiger partial charge in [-0.2, -0.15) is 0 Å². The van der Waals surface area contributed by atoms with Crippen molar-refractivity contribution in [2.24, 2.45) is 17.6 Å². The second kappa shape index (κ2) is 6.27. The molecule has 0 spiro atoms. The number of halogens is 2. The maximum Gasteiger partial charge on any atom is 0.0595 e. The summed E-state index contributed by atoms with van der Waals surface area (Å²) in [5.74, 6) is 1.85. The molecule has 0 amide bonds. The fourth-order valence-electron chi connectivity index (χ4n) is 3.24. The van der Waals surface area contributed by atoms with E-state index >= 15 is 0 Å². The molecule has 2 N–H and O–H groups in total. The highest BCUT2D eigenvalue weighted by molar-refractivity contribution is 6.42. The van der Waals surface area contributed by atoms with Crippen molar-refractivity contribution in [1.29, 1.82) is 0 Å². The van der Waals surface area contributed by atoms with Crippen molar-refractivity contribution in [2.75, 3.05) is 6.54 Å². The predicted octanol–water partition coefficient (Wildman–Crippen LogP) is 4.86. The van der Waals surface area contributed by atoms with Crippen LogP contribution in [0.15, 0.2) is 18.2 Å². The maximum absolute atomic E-state index is 6.12. The van der Waals surface area contributed by atoms with Gasteiger partial charge in [-0.1, -0.05) is 55.5 Å². The zero-order valence-corrected chi connectivity index (χ0v) is 12.3. The summed E-state index contributed by atoms with van der Waals surface area (Å²) in [4.78, 5) is 0. The van der Waals surface area contributed by atoms with E-state index in [0.717, 1.165) is 5.92 Å². The Kier molecular flexibility index (Phi) is 4.94. The van der Waals surface area contributed by atoms with Crippen LogP contribution in [-0.2, 0) is 0 Å². The third-order valence-corrected chi connectivity index (χ3v) is 5.06. The smallest absolute Gasteiger partial charge is 0.0595 e. The molecule has 3 atom stereocenters. The molecule has 3 unspecified atom stereocenters. The Morgan fingerprint density at radius 2 is 1.94 bits per heavy atom. The normalized spacial score (nSPS) is 26.0. The second-order valence-electron chi connectivity index (χ2n) is 5.44. The van der Waals surface area contributed by atoms with E-state index in [-0.39, 0.29) is 0 Å². The molecule has 1 aliphatic carbocycles. The monoisotopic (exact) mass is 285 g/mol. The van der Waals surface area contributed by atoms with Crippen molar-refractivity contribution in [1.82, 2.24) is 0 Å². The van der Waals surface area contributed by atoms with Crippen LogP contribution in [-0.4, -0.2) is 6.54 Å². The van der Waals surface area contributed by atoms with Gasteiger partial charge >= 0.3 is 0 Å². The van der Waals surface area contributed by atoms with E-state index in [1.54, 1.807) is 0 Å². The highest BCUT2D eigenvalue weighted by atomic mass is 35.5. The summed E-state index contributed by atoms with van der Waals surface area (Å²) in [5.41, 5.74) is 7.25. The molecule has 100 valence electrons. The summed E-state index contributed by atoms with van der Waals surface area (Å²) < 4.78 is 0. The Morgan fingerprint density at radius 3 is 2.56 bits per heavy atom. The van der Waals surface area contributed by atoms with Gasteiger partial charge in [0.25, 0.3) is 0 Å². The van der Waals surface area contributed by atoms with Crippen LogP contribution in [0.2, 0.25) is 10.0 Å². The lowest BCUT2D eigenvalue weighted by molar-refractivity contribution is 0.219. The summed E-state index contributed by atoms with van der Waals surface area (Å²) in [6.07, 6.45) is 5.29. The molecule has 0 heterocycles. The van der Waals surface area contributed by atoms with Crippen molar-refractivity contribution in [3.8, 4) is 0 Å². The van der Waals surface area contributed by atoms with Crippen molar-refractivity contribution < 1.29 is 0 Å². The lowest BCUT2D eigenvalue weighted by Gasteiger charge is -2.35. The van der Waals surface area contributed by atoms with E-state index in [1.807, 2.05) is 12.1 Å². The maximum atomic E-state index is 6.12. The largest absolute Gasteiger partial charge is 0.330 e. The molecule has 1 saturated carbocycles. The first-order valence-electron chi connectivity index (χ1n) is 6.78. The Morgan fingerprint density at radius 1 is 1.22 bits per heavy atom. The van der Waals surface area contributed by atoms with Crippen LogP contribution in [0.25, 0.3) is 0 Å². The number of hydrogen-bond acceptors (Lipinski definition) is 1. The van der Waals surface area contributed by atoms with Crippen LogP contribution in [0.3, 0.4) is 0 Å². The minimum atomic E-state index is 0.412. The standard InChI is InChI=1S/C15H21Cl2N/c1-10-4-2-3-5-12(10)13(9-18)11-6-7-14(16)15(17)8-11/h6-8,10,12-13H,2-5,9,18H2,1H3. The summed E-state index contributed by atoms with van der Waals surface area (Å²) in [5, 5.41) is 1.25.